The van der Waals surface area contributed by atoms with Crippen molar-refractivity contribution in [3.8, 4) is 0 Å². The molecule has 0 aromatic carbocycles. The van der Waals surface area contributed by atoms with Crippen molar-refractivity contribution in [1.29, 1.82) is 0 Å². The minimum Gasteiger partial charge on any atom is -0.444 e. The number of amides is 1. The van der Waals surface area contributed by atoms with Crippen LogP contribution in [0.4, 0.5) is 4.79 Å². The first kappa shape index (κ1) is 12.3. The van der Waals surface area contributed by atoms with Crippen molar-refractivity contribution in [1.82, 2.24) is 10.6 Å². The minimum atomic E-state index is -0.489. The molecule has 1 aliphatic rings. The summed E-state index contributed by atoms with van der Waals surface area (Å²) in [7, 11) is 0. The first-order chi connectivity index (χ1) is 6.87. The molecule has 86 valence electrons. The third-order valence-electron chi connectivity index (χ3n) is 1.56. The molecule has 0 saturated carbocycles. The van der Waals surface area contributed by atoms with Crippen LogP contribution in [0.2, 0.25) is 0 Å². The van der Waals surface area contributed by atoms with Gasteiger partial charge in [0.05, 0.1) is 11.4 Å². The van der Waals surface area contributed by atoms with Crippen LogP contribution in [0.15, 0.2) is 4.99 Å². The Bertz CT molecular complexity index is 273. The number of carbonyl (C=O) groups excluding carboxylic acids is 1. The van der Waals surface area contributed by atoms with E-state index in [-0.39, 0.29) is 0 Å². The van der Waals surface area contributed by atoms with Crippen molar-refractivity contribution in [3.63, 3.8) is 0 Å². The fourth-order valence-electron chi connectivity index (χ4n) is 1.00. The van der Waals surface area contributed by atoms with Crippen LogP contribution in [0.5, 0.6) is 0 Å². The van der Waals surface area contributed by atoms with E-state index in [9.17, 15) is 4.79 Å². The van der Waals surface area contributed by atoms with Crippen molar-refractivity contribution in [2.24, 2.45) is 4.99 Å². The van der Waals surface area contributed by atoms with Gasteiger partial charge >= 0.3 is 6.09 Å². The summed E-state index contributed by atoms with van der Waals surface area (Å²) in [4.78, 5) is 15.8. The number of nitrogens with one attached hydrogen (secondary N) is 2. The predicted molar refractivity (Wildman–Crippen MR) is 62.4 cm³/mol. The number of hydrogen-bond donors (Lipinski definition) is 2. The summed E-state index contributed by atoms with van der Waals surface area (Å²) in [5.41, 5.74) is -0.489. The Morgan fingerprint density at radius 2 is 2.33 bits per heavy atom. The van der Waals surface area contributed by atoms with Gasteiger partial charge in [-0.15, -0.1) is 0 Å². The second kappa shape index (κ2) is 4.83. The van der Waals surface area contributed by atoms with Crippen LogP contribution in [-0.4, -0.2) is 35.6 Å². The van der Waals surface area contributed by atoms with Gasteiger partial charge in [-0.2, -0.15) is 0 Å². The van der Waals surface area contributed by atoms with E-state index >= 15 is 0 Å². The van der Waals surface area contributed by atoms with Gasteiger partial charge in [0, 0.05) is 6.54 Å². The van der Waals surface area contributed by atoms with Crippen LogP contribution >= 0.6 is 15.9 Å². The molecule has 0 aliphatic carbocycles. The topological polar surface area (TPSA) is 62.7 Å². The molecule has 0 spiro atoms. The summed E-state index contributed by atoms with van der Waals surface area (Å²) in [5, 5.41) is 5.53. The van der Waals surface area contributed by atoms with E-state index in [1.807, 2.05) is 20.8 Å². The fraction of sp³-hybridized carbons (Fsp3) is 0.778. The molecule has 2 N–H and O–H groups in total. The van der Waals surface area contributed by atoms with Crippen LogP contribution in [0.3, 0.4) is 0 Å². The third kappa shape index (κ3) is 5.01. The molecular weight excluding hydrogens is 262 g/mol. The summed E-state index contributed by atoms with van der Waals surface area (Å²) < 4.78 is 5.08. The number of carbonyl (C=O) groups is 1. The second-order valence-electron chi connectivity index (χ2n) is 4.29. The molecular formula is C9H16BrN3O2. The van der Waals surface area contributed by atoms with E-state index in [1.165, 1.54) is 0 Å². The van der Waals surface area contributed by atoms with Gasteiger partial charge in [-0.3, -0.25) is 10.3 Å². The van der Waals surface area contributed by atoms with Crippen LogP contribution < -0.4 is 10.6 Å². The molecule has 15 heavy (non-hydrogen) atoms. The fourth-order valence-corrected chi connectivity index (χ4v) is 1.31. The maximum atomic E-state index is 11.3. The molecule has 0 bridgehead atoms. The van der Waals surface area contributed by atoms with Gasteiger partial charge in [-0.1, -0.05) is 15.9 Å². The van der Waals surface area contributed by atoms with E-state index in [1.54, 1.807) is 0 Å². The predicted octanol–water partition coefficient (Wildman–Crippen LogP) is 1.23. The average molecular weight is 278 g/mol. The van der Waals surface area contributed by atoms with Gasteiger partial charge in [0.15, 0.2) is 0 Å². The molecule has 1 unspecified atom stereocenters. The molecule has 0 radical (unpaired) electrons. The summed E-state index contributed by atoms with van der Waals surface area (Å²) in [6.07, 6.45) is -0.484. The number of ether oxygens (including phenoxy) is 1. The Morgan fingerprint density at radius 3 is 2.80 bits per heavy atom. The Morgan fingerprint density at radius 1 is 1.67 bits per heavy atom. The lowest BCUT2D eigenvalue weighted by atomic mass is 10.2. The molecule has 0 saturated heterocycles. The number of aliphatic imine (C=N–C) groups is 1. The van der Waals surface area contributed by atoms with Crippen molar-refractivity contribution in [2.75, 3.05) is 13.1 Å². The van der Waals surface area contributed by atoms with Gasteiger partial charge in [0.25, 0.3) is 0 Å². The van der Waals surface area contributed by atoms with Gasteiger partial charge in [0.1, 0.15) is 5.60 Å². The zero-order chi connectivity index (χ0) is 11.5. The molecule has 5 nitrogen and oxygen atoms in total. The highest BCUT2D eigenvalue weighted by Gasteiger charge is 2.19. The first-order valence-electron chi connectivity index (χ1n) is 4.79. The number of guanidine groups is 1. The van der Waals surface area contributed by atoms with Crippen molar-refractivity contribution >= 4 is 28.0 Å². The molecule has 1 amide bonds. The van der Waals surface area contributed by atoms with Crippen LogP contribution in [0.1, 0.15) is 20.8 Å². The van der Waals surface area contributed by atoms with E-state index in [2.05, 4.69) is 31.6 Å². The zero-order valence-electron chi connectivity index (χ0n) is 9.13. The zero-order valence-corrected chi connectivity index (χ0v) is 10.7. The number of halogens is 1. The maximum Gasteiger partial charge on any atom is 0.414 e. The molecule has 6 heteroatoms. The lowest BCUT2D eigenvalue weighted by Gasteiger charge is -2.22. The SMILES string of the molecule is CC(C)(C)OC(=O)NC1=NCC(Br)CN1. The summed E-state index contributed by atoms with van der Waals surface area (Å²) in [6, 6.07) is 0. The molecule has 0 aromatic heterocycles. The van der Waals surface area contributed by atoms with E-state index < -0.39 is 11.7 Å². The number of rotatable bonds is 0. The Hall–Kier alpha value is -0.780. The number of nitrogens with zero attached hydrogens (tertiary/aromatic N) is 1. The van der Waals surface area contributed by atoms with Gasteiger partial charge in [0.2, 0.25) is 5.96 Å². The average Bonchev–Trinajstić information content (AvgIpc) is 2.05. The van der Waals surface area contributed by atoms with Gasteiger partial charge in [-0.05, 0) is 20.8 Å². The summed E-state index contributed by atoms with van der Waals surface area (Å²) in [5.74, 6) is 0.472. The highest BCUT2D eigenvalue weighted by Crippen LogP contribution is 2.07. The van der Waals surface area contributed by atoms with Crippen LogP contribution in [0, 0.1) is 0 Å². The standard InChI is InChI=1S/C9H16BrN3O2/c1-9(2,3)15-8(14)13-7-11-4-6(10)5-12-7/h6H,4-5H2,1-3H3,(H2,11,12,13,14). The molecule has 1 aliphatic heterocycles. The molecule has 0 aromatic rings. The van der Waals surface area contributed by atoms with Crippen molar-refractivity contribution in [3.05, 3.63) is 0 Å². The lowest BCUT2D eigenvalue weighted by molar-refractivity contribution is 0.0561. The van der Waals surface area contributed by atoms with Crippen molar-refractivity contribution in [2.45, 2.75) is 31.2 Å². The first-order valence-corrected chi connectivity index (χ1v) is 5.71. The Labute approximate surface area is 97.8 Å². The number of alkyl carbamates (subject to hydrolysis) is 1. The quantitative estimate of drug-likeness (QED) is 0.655. The molecule has 1 heterocycles. The largest absolute Gasteiger partial charge is 0.444 e. The van der Waals surface area contributed by atoms with E-state index in [0.717, 1.165) is 6.54 Å². The normalized spacial score (nSPS) is 21.3. The van der Waals surface area contributed by atoms with Crippen LogP contribution in [0.25, 0.3) is 0 Å². The summed E-state index contributed by atoms with van der Waals surface area (Å²) in [6.45, 7) is 6.85. The third-order valence-corrected chi connectivity index (χ3v) is 2.17. The molecule has 1 rings (SSSR count). The Kier molecular flexibility index (Phi) is 3.96. The highest BCUT2D eigenvalue weighted by atomic mass is 79.9. The van der Waals surface area contributed by atoms with E-state index in [4.69, 9.17) is 4.74 Å². The molecule has 0 fully saturated rings. The highest BCUT2D eigenvalue weighted by molar-refractivity contribution is 9.09. The Balaban J connectivity index is 2.39. The second-order valence-corrected chi connectivity index (χ2v) is 5.59. The summed E-state index contributed by atoms with van der Waals surface area (Å²) >= 11 is 3.42. The van der Waals surface area contributed by atoms with Crippen molar-refractivity contribution < 1.29 is 9.53 Å². The minimum absolute atomic E-state index is 0.321. The van der Waals surface area contributed by atoms with Gasteiger partial charge < -0.3 is 10.1 Å². The smallest absolute Gasteiger partial charge is 0.414 e. The molecule has 1 atom stereocenters. The number of alkyl halides is 1. The van der Waals surface area contributed by atoms with E-state index in [0.29, 0.717) is 17.3 Å². The van der Waals surface area contributed by atoms with Crippen LogP contribution in [-0.2, 0) is 4.74 Å². The van der Waals surface area contributed by atoms with Gasteiger partial charge in [-0.25, -0.2) is 4.79 Å². The number of hydrogen-bond acceptors (Lipinski definition) is 4. The monoisotopic (exact) mass is 277 g/mol. The maximum absolute atomic E-state index is 11.3. The lowest BCUT2D eigenvalue weighted by Crippen LogP contribution is -2.48.